The van der Waals surface area contributed by atoms with Gasteiger partial charge in [0.25, 0.3) is 11.8 Å². The molecule has 2 bridgehead atoms. The molecule has 2 aromatic rings. The van der Waals surface area contributed by atoms with Gasteiger partial charge >= 0.3 is 0 Å². The highest BCUT2D eigenvalue weighted by atomic mass is 19.1. The Balaban J connectivity index is 1.41. The molecule has 0 aromatic heterocycles. The number of halogens is 1. The van der Waals surface area contributed by atoms with Crippen molar-refractivity contribution < 1.29 is 14.0 Å². The van der Waals surface area contributed by atoms with Gasteiger partial charge in [-0.25, -0.2) is 4.39 Å². The summed E-state index contributed by atoms with van der Waals surface area (Å²) in [5.41, 5.74) is 2.38. The first-order valence-corrected chi connectivity index (χ1v) is 11.0. The molecule has 0 spiro atoms. The number of carbonyl (C=O) groups is 2. The molecule has 2 fully saturated rings. The highest BCUT2D eigenvalue weighted by molar-refractivity contribution is 5.95. The molecule has 2 aliphatic rings. The quantitative estimate of drug-likeness (QED) is 0.696. The van der Waals surface area contributed by atoms with Gasteiger partial charge in [0.2, 0.25) is 0 Å². The molecule has 2 unspecified atom stereocenters. The Morgan fingerprint density at radius 2 is 1.81 bits per heavy atom. The lowest BCUT2D eigenvalue weighted by Gasteiger charge is -2.50. The average Bonchev–Trinajstić information content (AvgIpc) is 2.87. The van der Waals surface area contributed by atoms with Crippen molar-refractivity contribution in [1.29, 1.82) is 0 Å². The third-order valence-electron chi connectivity index (χ3n) is 7.93. The maximum atomic E-state index is 13.4. The maximum absolute atomic E-state index is 13.4. The number of hydrogen-bond acceptors (Lipinski definition) is 2. The van der Waals surface area contributed by atoms with E-state index in [4.69, 9.17) is 0 Å². The summed E-state index contributed by atoms with van der Waals surface area (Å²) < 4.78 is 13.4. The van der Waals surface area contributed by atoms with Crippen LogP contribution in [0.3, 0.4) is 0 Å². The molecule has 2 aromatic carbocycles. The maximum Gasteiger partial charge on any atom is 0.253 e. The van der Waals surface area contributed by atoms with Crippen LogP contribution < -0.4 is 0 Å². The van der Waals surface area contributed by atoms with Crippen LogP contribution >= 0.6 is 0 Å². The molecule has 164 valence electrons. The van der Waals surface area contributed by atoms with E-state index in [2.05, 4.69) is 20.8 Å². The largest absolute Gasteiger partial charge is 0.338 e. The third-order valence-corrected chi connectivity index (χ3v) is 7.93. The lowest BCUT2D eigenvalue weighted by molar-refractivity contribution is -0.0107. The van der Waals surface area contributed by atoms with Crippen molar-refractivity contribution in [3.63, 3.8) is 0 Å². The minimum absolute atomic E-state index is 0.0874. The second-order valence-corrected chi connectivity index (χ2v) is 10.1. The second kappa shape index (κ2) is 7.77. The van der Waals surface area contributed by atoms with E-state index in [0.29, 0.717) is 23.6 Å². The summed E-state index contributed by atoms with van der Waals surface area (Å²) in [5.74, 6) is -0.0221. The summed E-state index contributed by atoms with van der Waals surface area (Å²) in [6, 6.07) is 13.2. The molecule has 31 heavy (non-hydrogen) atoms. The molecule has 1 aliphatic carbocycles. The molecule has 0 N–H and O–H groups in total. The summed E-state index contributed by atoms with van der Waals surface area (Å²) in [6.45, 7) is 9.05. The van der Waals surface area contributed by atoms with Crippen LogP contribution in [-0.4, -0.2) is 41.8 Å². The fourth-order valence-corrected chi connectivity index (χ4v) is 5.30. The molecule has 1 heterocycles. The van der Waals surface area contributed by atoms with Crippen molar-refractivity contribution >= 4 is 11.8 Å². The van der Waals surface area contributed by atoms with Gasteiger partial charge in [-0.3, -0.25) is 9.59 Å². The van der Waals surface area contributed by atoms with E-state index >= 15 is 0 Å². The zero-order chi connectivity index (χ0) is 22.4. The summed E-state index contributed by atoms with van der Waals surface area (Å²) in [4.78, 5) is 29.3. The number of benzene rings is 2. The summed E-state index contributed by atoms with van der Waals surface area (Å²) in [6.07, 6.45) is 2.37. The van der Waals surface area contributed by atoms with Gasteiger partial charge < -0.3 is 9.80 Å². The van der Waals surface area contributed by atoms with Crippen LogP contribution in [0.1, 0.15) is 59.9 Å². The Labute approximate surface area is 184 Å². The molecule has 2 amide bonds. The number of nitrogens with zero attached hydrogens (tertiary/aromatic N) is 2. The molecule has 0 radical (unpaired) electrons. The van der Waals surface area contributed by atoms with Crippen molar-refractivity contribution in [3.8, 4) is 0 Å². The van der Waals surface area contributed by atoms with Gasteiger partial charge in [0, 0.05) is 37.8 Å². The molecule has 1 aliphatic heterocycles. The van der Waals surface area contributed by atoms with Gasteiger partial charge in [-0.2, -0.15) is 0 Å². The van der Waals surface area contributed by atoms with Crippen LogP contribution in [-0.2, 0) is 6.54 Å². The minimum atomic E-state index is -0.425. The lowest BCUT2D eigenvalue weighted by atomic mass is 9.63. The Kier molecular flexibility index (Phi) is 5.40. The number of likely N-dealkylation sites (tertiary alicyclic amines) is 1. The highest BCUT2D eigenvalue weighted by Crippen LogP contribution is 2.59. The van der Waals surface area contributed by atoms with Gasteiger partial charge in [0.15, 0.2) is 0 Å². The van der Waals surface area contributed by atoms with E-state index in [-0.39, 0.29) is 22.6 Å². The lowest BCUT2D eigenvalue weighted by Crippen LogP contribution is -2.53. The summed E-state index contributed by atoms with van der Waals surface area (Å²) >= 11 is 0. The fraction of sp³-hybridized carbons (Fsp3) is 0.462. The fourth-order valence-electron chi connectivity index (χ4n) is 5.30. The molecule has 4 nitrogen and oxygen atoms in total. The molecule has 1 saturated heterocycles. The highest BCUT2D eigenvalue weighted by Gasteiger charge is 2.56. The van der Waals surface area contributed by atoms with Crippen molar-refractivity contribution in [2.45, 2.75) is 40.2 Å². The average molecular weight is 423 g/mol. The zero-order valence-corrected chi connectivity index (χ0v) is 18.8. The summed E-state index contributed by atoms with van der Waals surface area (Å²) in [5, 5.41) is 0. The third kappa shape index (κ3) is 3.86. The van der Waals surface area contributed by atoms with Gasteiger partial charge in [0.05, 0.1) is 0 Å². The van der Waals surface area contributed by atoms with Gasteiger partial charge in [-0.15, -0.1) is 0 Å². The number of hydrogen-bond donors (Lipinski definition) is 0. The normalized spacial score (nSPS) is 24.2. The van der Waals surface area contributed by atoms with Crippen molar-refractivity contribution in [3.05, 3.63) is 71.0 Å². The van der Waals surface area contributed by atoms with E-state index in [1.165, 1.54) is 31.0 Å². The minimum Gasteiger partial charge on any atom is -0.338 e. The van der Waals surface area contributed by atoms with Crippen LogP contribution in [0, 0.1) is 22.6 Å². The van der Waals surface area contributed by atoms with E-state index in [0.717, 1.165) is 18.7 Å². The SMILES string of the molecule is CN(Cc1ccc(C(=O)N2CC3CCC(C)(C2)C3(C)C)cc1)C(=O)c1cccc(F)c1. The first-order valence-electron chi connectivity index (χ1n) is 11.0. The number of carbonyl (C=O) groups excluding carboxylic acids is 2. The topological polar surface area (TPSA) is 40.6 Å². The standard InChI is InChI=1S/C26H31FN2O2/c1-25(2)21-12-13-26(25,3)17-29(16-21)24(31)19-10-8-18(9-11-19)15-28(4)23(30)20-6-5-7-22(27)14-20/h5-11,14,21H,12-13,15-17H2,1-4H3. The Bertz CT molecular complexity index is 1000. The Hall–Kier alpha value is -2.69. The monoisotopic (exact) mass is 422 g/mol. The van der Waals surface area contributed by atoms with Crippen LogP contribution in [0.25, 0.3) is 0 Å². The van der Waals surface area contributed by atoms with Crippen molar-refractivity contribution in [2.75, 3.05) is 20.1 Å². The van der Waals surface area contributed by atoms with Crippen LogP contribution in [0.2, 0.25) is 0 Å². The van der Waals surface area contributed by atoms with Gasteiger partial charge in [0.1, 0.15) is 5.82 Å². The van der Waals surface area contributed by atoms with Gasteiger partial charge in [-0.05, 0) is 65.5 Å². The van der Waals surface area contributed by atoms with E-state index in [9.17, 15) is 14.0 Å². The number of amides is 2. The predicted octanol–water partition coefficient (Wildman–Crippen LogP) is 5.00. The molecule has 5 heteroatoms. The van der Waals surface area contributed by atoms with Crippen LogP contribution in [0.15, 0.2) is 48.5 Å². The van der Waals surface area contributed by atoms with E-state index < -0.39 is 5.82 Å². The van der Waals surface area contributed by atoms with Crippen molar-refractivity contribution in [1.82, 2.24) is 9.80 Å². The molecular formula is C26H31FN2O2. The first-order chi connectivity index (χ1) is 14.6. The number of fused-ring (bicyclic) bond motifs is 2. The van der Waals surface area contributed by atoms with Crippen LogP contribution in [0.5, 0.6) is 0 Å². The molecule has 4 rings (SSSR count). The number of piperidine rings is 1. The predicted molar refractivity (Wildman–Crippen MR) is 119 cm³/mol. The molecular weight excluding hydrogens is 391 g/mol. The van der Waals surface area contributed by atoms with Crippen LogP contribution in [0.4, 0.5) is 4.39 Å². The van der Waals surface area contributed by atoms with Gasteiger partial charge in [-0.1, -0.05) is 39.0 Å². The Morgan fingerprint density at radius 3 is 2.45 bits per heavy atom. The smallest absolute Gasteiger partial charge is 0.253 e. The summed E-state index contributed by atoms with van der Waals surface area (Å²) in [7, 11) is 1.69. The van der Waals surface area contributed by atoms with E-state index in [1.807, 2.05) is 29.2 Å². The van der Waals surface area contributed by atoms with E-state index in [1.54, 1.807) is 18.0 Å². The first kappa shape index (κ1) is 21.5. The van der Waals surface area contributed by atoms with Crippen molar-refractivity contribution in [2.24, 2.45) is 16.7 Å². The molecule has 2 atom stereocenters. The zero-order valence-electron chi connectivity index (χ0n) is 18.8. The number of rotatable bonds is 4. The second-order valence-electron chi connectivity index (χ2n) is 10.1. The Morgan fingerprint density at radius 1 is 1.10 bits per heavy atom. The molecule has 1 saturated carbocycles.